The standard InChI is InChI=1S/C21H22F3N/c22-21(23,24)20-12-10-17(11-13-20)8-9-19-7-4-14-25(16-19)15-18-5-2-1-3-6-18/h1-7,10-13,19H,8-9,14-16H2. The van der Waals surface area contributed by atoms with E-state index in [0.29, 0.717) is 5.92 Å². The topological polar surface area (TPSA) is 3.24 Å². The molecule has 0 saturated carbocycles. The van der Waals surface area contributed by atoms with Gasteiger partial charge in [0.05, 0.1) is 5.56 Å². The largest absolute Gasteiger partial charge is 0.416 e. The van der Waals surface area contributed by atoms with Gasteiger partial charge in [0.2, 0.25) is 0 Å². The SMILES string of the molecule is FC(F)(F)c1ccc(CCC2C=CCN(Cc3ccccc3)C2)cc1. The number of hydrogen-bond donors (Lipinski definition) is 0. The Kier molecular flexibility index (Phi) is 5.59. The van der Waals surface area contributed by atoms with E-state index in [2.05, 4.69) is 41.3 Å². The molecule has 0 spiro atoms. The monoisotopic (exact) mass is 345 g/mol. The van der Waals surface area contributed by atoms with Crippen LogP contribution in [0.15, 0.2) is 66.7 Å². The average molecular weight is 345 g/mol. The molecule has 0 bridgehead atoms. The fourth-order valence-electron chi connectivity index (χ4n) is 3.24. The van der Waals surface area contributed by atoms with Crippen LogP contribution in [0, 0.1) is 5.92 Å². The maximum absolute atomic E-state index is 12.6. The molecule has 0 saturated heterocycles. The first-order valence-electron chi connectivity index (χ1n) is 8.60. The van der Waals surface area contributed by atoms with Crippen LogP contribution in [0.3, 0.4) is 0 Å². The minimum Gasteiger partial charge on any atom is -0.295 e. The molecular weight excluding hydrogens is 323 g/mol. The van der Waals surface area contributed by atoms with E-state index >= 15 is 0 Å². The third-order valence-electron chi connectivity index (χ3n) is 4.60. The Bertz CT molecular complexity index is 689. The fraction of sp³-hybridized carbons (Fsp3) is 0.333. The van der Waals surface area contributed by atoms with Crippen LogP contribution in [0.2, 0.25) is 0 Å². The highest BCUT2D eigenvalue weighted by Gasteiger charge is 2.29. The van der Waals surface area contributed by atoms with Crippen molar-refractivity contribution in [2.24, 2.45) is 5.92 Å². The fourth-order valence-corrected chi connectivity index (χ4v) is 3.24. The van der Waals surface area contributed by atoms with Crippen LogP contribution in [0.25, 0.3) is 0 Å². The summed E-state index contributed by atoms with van der Waals surface area (Å²) >= 11 is 0. The highest BCUT2D eigenvalue weighted by atomic mass is 19.4. The number of benzene rings is 2. The predicted octanol–water partition coefficient (Wildman–Crippen LogP) is 5.33. The van der Waals surface area contributed by atoms with Crippen LogP contribution in [0.4, 0.5) is 13.2 Å². The zero-order valence-electron chi connectivity index (χ0n) is 14.0. The third-order valence-corrected chi connectivity index (χ3v) is 4.60. The van der Waals surface area contributed by atoms with Crippen molar-refractivity contribution in [1.82, 2.24) is 4.90 Å². The molecule has 1 aliphatic heterocycles. The molecule has 1 aliphatic rings. The minimum atomic E-state index is -4.26. The molecule has 1 nitrogen and oxygen atoms in total. The normalized spacial score (nSPS) is 18.4. The molecule has 2 aromatic rings. The lowest BCUT2D eigenvalue weighted by atomic mass is 9.95. The number of aryl methyl sites for hydroxylation is 1. The van der Waals surface area contributed by atoms with Crippen molar-refractivity contribution in [3.05, 3.63) is 83.4 Å². The van der Waals surface area contributed by atoms with Crippen LogP contribution in [-0.2, 0) is 19.1 Å². The van der Waals surface area contributed by atoms with Gasteiger partial charge in [-0.3, -0.25) is 4.90 Å². The van der Waals surface area contributed by atoms with E-state index in [4.69, 9.17) is 0 Å². The summed E-state index contributed by atoms with van der Waals surface area (Å²) in [7, 11) is 0. The van der Waals surface area contributed by atoms with Gasteiger partial charge in [0.15, 0.2) is 0 Å². The molecule has 132 valence electrons. The molecule has 0 N–H and O–H groups in total. The molecule has 1 heterocycles. The minimum absolute atomic E-state index is 0.444. The van der Waals surface area contributed by atoms with Gasteiger partial charge in [0.25, 0.3) is 0 Å². The Morgan fingerprint density at radius 1 is 0.920 bits per heavy atom. The first kappa shape index (κ1) is 17.7. The summed E-state index contributed by atoms with van der Waals surface area (Å²) < 4.78 is 37.8. The van der Waals surface area contributed by atoms with E-state index in [1.54, 1.807) is 12.1 Å². The first-order valence-corrected chi connectivity index (χ1v) is 8.60. The average Bonchev–Trinajstić information content (AvgIpc) is 2.61. The van der Waals surface area contributed by atoms with Crippen molar-refractivity contribution in [3.8, 4) is 0 Å². The van der Waals surface area contributed by atoms with E-state index in [1.807, 2.05) is 6.07 Å². The van der Waals surface area contributed by atoms with Gasteiger partial charge in [-0.05, 0) is 42.0 Å². The molecule has 0 amide bonds. The van der Waals surface area contributed by atoms with E-state index in [0.717, 1.165) is 38.0 Å². The molecule has 0 radical (unpaired) electrons. The zero-order valence-corrected chi connectivity index (χ0v) is 14.0. The predicted molar refractivity (Wildman–Crippen MR) is 94.1 cm³/mol. The van der Waals surface area contributed by atoms with E-state index < -0.39 is 11.7 Å². The maximum atomic E-state index is 12.6. The smallest absolute Gasteiger partial charge is 0.295 e. The molecule has 1 atom stereocenters. The molecular formula is C21H22F3N. The van der Waals surface area contributed by atoms with E-state index in [-0.39, 0.29) is 0 Å². The first-order chi connectivity index (χ1) is 12.0. The second kappa shape index (κ2) is 7.87. The lowest BCUT2D eigenvalue weighted by Crippen LogP contribution is -2.32. The van der Waals surface area contributed by atoms with Crippen LogP contribution >= 0.6 is 0 Å². The zero-order chi connectivity index (χ0) is 17.7. The Morgan fingerprint density at radius 2 is 1.64 bits per heavy atom. The lowest BCUT2D eigenvalue weighted by Gasteiger charge is -2.29. The highest BCUT2D eigenvalue weighted by molar-refractivity contribution is 5.25. The summed E-state index contributed by atoms with van der Waals surface area (Å²) in [6.07, 6.45) is 1.93. The highest BCUT2D eigenvalue weighted by Crippen LogP contribution is 2.29. The van der Waals surface area contributed by atoms with Gasteiger partial charge in [0.1, 0.15) is 0 Å². The van der Waals surface area contributed by atoms with Crippen LogP contribution in [0.1, 0.15) is 23.1 Å². The Hall–Kier alpha value is -2.07. The van der Waals surface area contributed by atoms with Gasteiger partial charge >= 0.3 is 6.18 Å². The summed E-state index contributed by atoms with van der Waals surface area (Å²) in [5.41, 5.74) is 1.68. The van der Waals surface area contributed by atoms with Crippen LogP contribution in [-0.4, -0.2) is 18.0 Å². The second-order valence-electron chi connectivity index (χ2n) is 6.60. The third kappa shape index (κ3) is 5.20. The number of nitrogens with zero attached hydrogens (tertiary/aromatic N) is 1. The molecule has 1 unspecified atom stereocenters. The lowest BCUT2D eigenvalue weighted by molar-refractivity contribution is -0.137. The summed E-state index contributed by atoms with van der Waals surface area (Å²) in [6, 6.07) is 15.9. The quantitative estimate of drug-likeness (QED) is 0.662. The second-order valence-corrected chi connectivity index (χ2v) is 6.60. The summed E-state index contributed by atoms with van der Waals surface area (Å²) in [6.45, 7) is 2.87. The van der Waals surface area contributed by atoms with Crippen LogP contribution < -0.4 is 0 Å². The number of rotatable bonds is 5. The molecule has 0 fully saturated rings. The summed E-state index contributed by atoms with van der Waals surface area (Å²) in [5, 5.41) is 0. The molecule has 2 aromatic carbocycles. The molecule has 0 aromatic heterocycles. The van der Waals surface area contributed by atoms with Crippen molar-refractivity contribution < 1.29 is 13.2 Å². The summed E-state index contributed by atoms with van der Waals surface area (Å²) in [4.78, 5) is 2.41. The van der Waals surface area contributed by atoms with Gasteiger partial charge < -0.3 is 0 Å². The summed E-state index contributed by atoms with van der Waals surface area (Å²) in [5.74, 6) is 0.444. The Labute approximate surface area is 146 Å². The number of alkyl halides is 3. The van der Waals surface area contributed by atoms with Gasteiger partial charge in [0, 0.05) is 19.6 Å². The molecule has 3 rings (SSSR count). The van der Waals surface area contributed by atoms with Gasteiger partial charge in [-0.1, -0.05) is 54.6 Å². The molecule has 0 aliphatic carbocycles. The van der Waals surface area contributed by atoms with Crippen molar-refractivity contribution in [2.75, 3.05) is 13.1 Å². The Balaban J connectivity index is 1.51. The van der Waals surface area contributed by atoms with E-state index in [9.17, 15) is 13.2 Å². The van der Waals surface area contributed by atoms with Gasteiger partial charge in [-0.2, -0.15) is 13.2 Å². The van der Waals surface area contributed by atoms with Gasteiger partial charge in [-0.15, -0.1) is 0 Å². The number of halogens is 3. The van der Waals surface area contributed by atoms with Crippen molar-refractivity contribution >= 4 is 0 Å². The maximum Gasteiger partial charge on any atom is 0.416 e. The number of hydrogen-bond acceptors (Lipinski definition) is 1. The molecule has 4 heteroatoms. The van der Waals surface area contributed by atoms with Crippen molar-refractivity contribution in [1.29, 1.82) is 0 Å². The Morgan fingerprint density at radius 3 is 2.32 bits per heavy atom. The van der Waals surface area contributed by atoms with Crippen molar-refractivity contribution in [2.45, 2.75) is 25.6 Å². The molecule has 25 heavy (non-hydrogen) atoms. The van der Waals surface area contributed by atoms with Crippen molar-refractivity contribution in [3.63, 3.8) is 0 Å². The van der Waals surface area contributed by atoms with E-state index in [1.165, 1.54) is 17.7 Å². The van der Waals surface area contributed by atoms with Crippen LogP contribution in [0.5, 0.6) is 0 Å². The van der Waals surface area contributed by atoms with Gasteiger partial charge in [-0.25, -0.2) is 0 Å².